The number of nitrogen functional groups attached to an aromatic ring is 1. The molecule has 0 saturated carbocycles. The molecule has 0 spiro atoms. The summed E-state index contributed by atoms with van der Waals surface area (Å²) in [6.07, 6.45) is 0.734. The number of nitrogens with zero attached hydrogens (tertiary/aromatic N) is 2. The number of pyridine rings is 1. The van der Waals surface area contributed by atoms with Gasteiger partial charge in [0.2, 0.25) is 0 Å². The molecule has 2 aromatic rings. The first kappa shape index (κ1) is 14.8. The molecule has 0 aliphatic heterocycles. The van der Waals surface area contributed by atoms with Crippen LogP contribution < -0.4 is 15.4 Å². The summed E-state index contributed by atoms with van der Waals surface area (Å²) in [5, 5.41) is 0. The Kier molecular flexibility index (Phi) is 4.42. The van der Waals surface area contributed by atoms with Gasteiger partial charge in [0.25, 0.3) is 5.91 Å². The summed E-state index contributed by atoms with van der Waals surface area (Å²) >= 11 is 0. The number of rotatable bonds is 4. The van der Waals surface area contributed by atoms with Gasteiger partial charge < -0.3 is 15.4 Å². The molecule has 1 heterocycles. The van der Waals surface area contributed by atoms with Crippen molar-refractivity contribution in [3.8, 4) is 5.75 Å². The van der Waals surface area contributed by atoms with Crippen LogP contribution in [-0.4, -0.2) is 25.0 Å². The molecule has 0 bridgehead atoms. The minimum Gasteiger partial charge on any atom is -0.497 e. The summed E-state index contributed by atoms with van der Waals surface area (Å²) in [7, 11) is 3.34. The zero-order valence-corrected chi connectivity index (χ0v) is 12.5. The molecule has 0 unspecified atom stereocenters. The number of carbonyl (C=O) groups excluding carboxylic acids is 1. The fourth-order valence-electron chi connectivity index (χ4n) is 2.03. The number of carbonyl (C=O) groups is 1. The van der Waals surface area contributed by atoms with Crippen molar-refractivity contribution >= 4 is 17.4 Å². The van der Waals surface area contributed by atoms with Crippen LogP contribution in [0.25, 0.3) is 0 Å². The van der Waals surface area contributed by atoms with Crippen molar-refractivity contribution in [2.45, 2.75) is 13.3 Å². The molecular formula is C16H19N3O2. The van der Waals surface area contributed by atoms with Gasteiger partial charge in [0.05, 0.1) is 7.11 Å². The largest absolute Gasteiger partial charge is 0.497 e. The first-order valence-electron chi connectivity index (χ1n) is 6.73. The molecule has 5 nitrogen and oxygen atoms in total. The van der Waals surface area contributed by atoms with Crippen LogP contribution in [0.5, 0.6) is 5.75 Å². The van der Waals surface area contributed by atoms with E-state index in [2.05, 4.69) is 4.98 Å². The van der Waals surface area contributed by atoms with E-state index in [1.807, 2.05) is 31.2 Å². The zero-order chi connectivity index (χ0) is 15.4. The van der Waals surface area contributed by atoms with Crippen molar-refractivity contribution in [3.05, 3.63) is 47.7 Å². The summed E-state index contributed by atoms with van der Waals surface area (Å²) < 4.78 is 5.11. The van der Waals surface area contributed by atoms with Gasteiger partial charge in [-0.3, -0.25) is 4.79 Å². The first-order chi connectivity index (χ1) is 10.0. The van der Waals surface area contributed by atoms with Crippen LogP contribution in [0.2, 0.25) is 0 Å². The van der Waals surface area contributed by atoms with Crippen molar-refractivity contribution in [2.75, 3.05) is 24.8 Å². The van der Waals surface area contributed by atoms with Crippen LogP contribution in [0.4, 0.5) is 11.5 Å². The van der Waals surface area contributed by atoms with Crippen LogP contribution in [0, 0.1) is 0 Å². The van der Waals surface area contributed by atoms with Gasteiger partial charge in [-0.25, -0.2) is 4.98 Å². The number of benzene rings is 1. The van der Waals surface area contributed by atoms with Gasteiger partial charge in [-0.2, -0.15) is 0 Å². The maximum absolute atomic E-state index is 12.5. The third kappa shape index (κ3) is 3.31. The quantitative estimate of drug-likeness (QED) is 0.937. The fraction of sp³-hybridized carbons (Fsp3) is 0.250. The summed E-state index contributed by atoms with van der Waals surface area (Å²) in [6, 6.07) is 10.7. The minimum atomic E-state index is -0.121. The minimum absolute atomic E-state index is 0.121. The molecule has 0 aliphatic carbocycles. The highest BCUT2D eigenvalue weighted by Crippen LogP contribution is 2.20. The summed E-state index contributed by atoms with van der Waals surface area (Å²) in [4.78, 5) is 18.3. The average molecular weight is 285 g/mol. The maximum atomic E-state index is 12.5. The van der Waals surface area contributed by atoms with Gasteiger partial charge >= 0.3 is 0 Å². The highest BCUT2D eigenvalue weighted by Gasteiger charge is 2.15. The van der Waals surface area contributed by atoms with Crippen LogP contribution >= 0.6 is 0 Å². The number of amides is 1. The molecule has 1 aromatic carbocycles. The monoisotopic (exact) mass is 285 g/mol. The second kappa shape index (κ2) is 6.26. The molecule has 2 rings (SSSR count). The van der Waals surface area contributed by atoms with E-state index >= 15 is 0 Å². The summed E-state index contributed by atoms with van der Waals surface area (Å²) in [5.41, 5.74) is 7.88. The Bertz CT molecular complexity index is 638. The van der Waals surface area contributed by atoms with E-state index in [0.717, 1.165) is 23.6 Å². The van der Waals surface area contributed by atoms with Crippen molar-refractivity contribution in [1.82, 2.24) is 4.98 Å². The smallest absolute Gasteiger partial charge is 0.258 e. The number of hydrogen-bond donors (Lipinski definition) is 1. The average Bonchev–Trinajstić information content (AvgIpc) is 2.52. The summed E-state index contributed by atoms with van der Waals surface area (Å²) in [6.45, 7) is 1.98. The van der Waals surface area contributed by atoms with Gasteiger partial charge in [-0.15, -0.1) is 0 Å². The highest BCUT2D eigenvalue weighted by molar-refractivity contribution is 6.06. The van der Waals surface area contributed by atoms with Gasteiger partial charge in [0.15, 0.2) is 0 Å². The Morgan fingerprint density at radius 2 is 1.95 bits per heavy atom. The lowest BCUT2D eigenvalue weighted by molar-refractivity contribution is 0.0993. The molecule has 1 aromatic heterocycles. The lowest BCUT2D eigenvalue weighted by atomic mass is 10.1. The Morgan fingerprint density at radius 3 is 2.52 bits per heavy atom. The van der Waals surface area contributed by atoms with Crippen LogP contribution in [-0.2, 0) is 6.42 Å². The normalized spacial score (nSPS) is 10.2. The summed E-state index contributed by atoms with van der Waals surface area (Å²) in [5.74, 6) is 0.992. The molecule has 0 radical (unpaired) electrons. The molecule has 5 heteroatoms. The van der Waals surface area contributed by atoms with E-state index < -0.39 is 0 Å². The lowest BCUT2D eigenvalue weighted by Gasteiger charge is -2.18. The standard InChI is InChI=1S/C16H19N3O2/c1-4-12-9-11(10-15(17)18-12)16(20)19(2)13-5-7-14(21-3)8-6-13/h5-10H,4H2,1-3H3,(H2,17,18). The molecule has 21 heavy (non-hydrogen) atoms. The predicted molar refractivity (Wildman–Crippen MR) is 83.8 cm³/mol. The molecule has 1 amide bonds. The van der Waals surface area contributed by atoms with Crippen molar-refractivity contribution in [2.24, 2.45) is 0 Å². The Labute approximate surface area is 124 Å². The van der Waals surface area contributed by atoms with E-state index in [0.29, 0.717) is 11.4 Å². The SMILES string of the molecule is CCc1cc(C(=O)N(C)c2ccc(OC)cc2)cc(N)n1. The highest BCUT2D eigenvalue weighted by atomic mass is 16.5. The molecule has 2 N–H and O–H groups in total. The molecule has 0 aliphatic rings. The van der Waals surface area contributed by atoms with E-state index in [9.17, 15) is 4.79 Å². The van der Waals surface area contributed by atoms with Crippen LogP contribution in [0.3, 0.4) is 0 Å². The van der Waals surface area contributed by atoms with E-state index in [1.165, 1.54) is 0 Å². The van der Waals surface area contributed by atoms with E-state index in [4.69, 9.17) is 10.5 Å². The second-order valence-corrected chi connectivity index (χ2v) is 4.69. The zero-order valence-electron chi connectivity index (χ0n) is 12.5. The number of aryl methyl sites for hydroxylation is 1. The van der Waals surface area contributed by atoms with E-state index in [-0.39, 0.29) is 5.91 Å². The van der Waals surface area contributed by atoms with Gasteiger partial charge in [0.1, 0.15) is 11.6 Å². The number of anilines is 2. The lowest BCUT2D eigenvalue weighted by Crippen LogP contribution is -2.26. The van der Waals surface area contributed by atoms with Crippen molar-refractivity contribution < 1.29 is 9.53 Å². The Hall–Kier alpha value is -2.56. The first-order valence-corrected chi connectivity index (χ1v) is 6.73. The van der Waals surface area contributed by atoms with Gasteiger partial charge in [-0.1, -0.05) is 6.92 Å². The molecule has 110 valence electrons. The van der Waals surface area contributed by atoms with Gasteiger partial charge in [0, 0.05) is 24.0 Å². The van der Waals surface area contributed by atoms with E-state index in [1.54, 1.807) is 31.2 Å². The fourth-order valence-corrected chi connectivity index (χ4v) is 2.03. The molecule has 0 saturated heterocycles. The number of aromatic nitrogens is 1. The van der Waals surface area contributed by atoms with Crippen molar-refractivity contribution in [1.29, 1.82) is 0 Å². The molecule has 0 fully saturated rings. The Morgan fingerprint density at radius 1 is 1.29 bits per heavy atom. The Balaban J connectivity index is 2.27. The second-order valence-electron chi connectivity index (χ2n) is 4.69. The van der Waals surface area contributed by atoms with Crippen molar-refractivity contribution in [3.63, 3.8) is 0 Å². The third-order valence-corrected chi connectivity index (χ3v) is 3.27. The molecular weight excluding hydrogens is 266 g/mol. The van der Waals surface area contributed by atoms with Crippen LogP contribution in [0.15, 0.2) is 36.4 Å². The maximum Gasteiger partial charge on any atom is 0.258 e. The number of methoxy groups -OCH3 is 1. The third-order valence-electron chi connectivity index (χ3n) is 3.27. The topological polar surface area (TPSA) is 68.5 Å². The predicted octanol–water partition coefficient (Wildman–Crippen LogP) is 2.51. The molecule has 0 atom stereocenters. The number of ether oxygens (including phenoxy) is 1. The number of nitrogens with two attached hydrogens (primary N) is 1. The number of hydrogen-bond acceptors (Lipinski definition) is 4. The van der Waals surface area contributed by atoms with Crippen LogP contribution in [0.1, 0.15) is 23.0 Å². The van der Waals surface area contributed by atoms with Gasteiger partial charge in [-0.05, 0) is 42.8 Å².